The standard InChI is InChI=1S/C14H20ClNO2/c1-4-9-16-14(17)13(15)11-5-7-12(8-6-11)18-10(2)3/h5-8,10,13H,4,9H2,1-3H3,(H,16,17). The molecule has 3 nitrogen and oxygen atoms in total. The first-order valence-electron chi connectivity index (χ1n) is 6.23. The van der Waals surface area contributed by atoms with Crippen molar-refractivity contribution in [3.8, 4) is 5.75 Å². The van der Waals surface area contributed by atoms with Crippen LogP contribution in [0.25, 0.3) is 0 Å². The maximum Gasteiger partial charge on any atom is 0.242 e. The SMILES string of the molecule is CCCNC(=O)C(Cl)c1ccc(OC(C)C)cc1. The summed E-state index contributed by atoms with van der Waals surface area (Å²) in [7, 11) is 0. The zero-order chi connectivity index (χ0) is 13.5. The van der Waals surface area contributed by atoms with Crippen molar-refractivity contribution >= 4 is 17.5 Å². The number of ether oxygens (including phenoxy) is 1. The molecule has 0 aliphatic heterocycles. The van der Waals surface area contributed by atoms with Gasteiger partial charge in [-0.1, -0.05) is 19.1 Å². The Morgan fingerprint density at radius 2 is 1.94 bits per heavy atom. The van der Waals surface area contributed by atoms with Gasteiger partial charge in [0.2, 0.25) is 5.91 Å². The van der Waals surface area contributed by atoms with Crippen molar-refractivity contribution in [3.05, 3.63) is 29.8 Å². The van der Waals surface area contributed by atoms with Crippen LogP contribution in [0, 0.1) is 0 Å². The normalized spacial score (nSPS) is 12.3. The number of nitrogens with one attached hydrogen (secondary N) is 1. The van der Waals surface area contributed by atoms with Crippen LogP contribution in [0.15, 0.2) is 24.3 Å². The summed E-state index contributed by atoms with van der Waals surface area (Å²) in [6, 6.07) is 7.30. The van der Waals surface area contributed by atoms with Crippen LogP contribution in [0.2, 0.25) is 0 Å². The van der Waals surface area contributed by atoms with Crippen LogP contribution in [-0.2, 0) is 4.79 Å². The lowest BCUT2D eigenvalue weighted by molar-refractivity contribution is -0.120. The smallest absolute Gasteiger partial charge is 0.242 e. The number of rotatable bonds is 6. The average Bonchev–Trinajstić information content (AvgIpc) is 2.35. The molecule has 1 rings (SSSR count). The first-order valence-corrected chi connectivity index (χ1v) is 6.66. The van der Waals surface area contributed by atoms with E-state index in [9.17, 15) is 4.79 Å². The van der Waals surface area contributed by atoms with Crippen LogP contribution in [0.3, 0.4) is 0 Å². The zero-order valence-electron chi connectivity index (χ0n) is 11.1. The predicted octanol–water partition coefficient (Wildman–Crippen LogP) is 3.28. The Kier molecular flexibility index (Phi) is 5.99. The van der Waals surface area contributed by atoms with E-state index in [4.69, 9.17) is 16.3 Å². The summed E-state index contributed by atoms with van der Waals surface area (Å²) in [6.45, 7) is 6.59. The van der Waals surface area contributed by atoms with Gasteiger partial charge in [-0.3, -0.25) is 4.79 Å². The van der Waals surface area contributed by atoms with Crippen molar-refractivity contribution in [1.29, 1.82) is 0 Å². The van der Waals surface area contributed by atoms with Gasteiger partial charge in [0, 0.05) is 6.54 Å². The molecular formula is C14H20ClNO2. The van der Waals surface area contributed by atoms with Crippen molar-refractivity contribution in [2.45, 2.75) is 38.7 Å². The highest BCUT2D eigenvalue weighted by molar-refractivity contribution is 6.30. The van der Waals surface area contributed by atoms with Crippen LogP contribution in [0.5, 0.6) is 5.75 Å². The van der Waals surface area contributed by atoms with Crippen LogP contribution in [-0.4, -0.2) is 18.6 Å². The first-order chi connectivity index (χ1) is 8.54. The molecule has 0 saturated carbocycles. The minimum atomic E-state index is -0.648. The molecule has 1 amide bonds. The van der Waals surface area contributed by atoms with E-state index in [1.807, 2.05) is 45.0 Å². The number of alkyl halides is 1. The molecular weight excluding hydrogens is 250 g/mol. The van der Waals surface area contributed by atoms with Gasteiger partial charge in [-0.2, -0.15) is 0 Å². The second-order valence-corrected chi connectivity index (χ2v) is 4.83. The highest BCUT2D eigenvalue weighted by atomic mass is 35.5. The Bertz CT molecular complexity index is 376. The van der Waals surface area contributed by atoms with Gasteiger partial charge in [0.05, 0.1) is 6.10 Å². The number of hydrogen-bond donors (Lipinski definition) is 1. The number of hydrogen-bond acceptors (Lipinski definition) is 2. The number of amides is 1. The molecule has 1 aromatic rings. The molecule has 0 radical (unpaired) electrons. The van der Waals surface area contributed by atoms with E-state index >= 15 is 0 Å². The van der Waals surface area contributed by atoms with Crippen molar-refractivity contribution in [2.75, 3.05) is 6.54 Å². The highest BCUT2D eigenvalue weighted by Gasteiger charge is 2.16. The van der Waals surface area contributed by atoms with E-state index in [-0.39, 0.29) is 12.0 Å². The Hall–Kier alpha value is -1.22. The van der Waals surface area contributed by atoms with E-state index in [1.165, 1.54) is 0 Å². The fraction of sp³-hybridized carbons (Fsp3) is 0.500. The van der Waals surface area contributed by atoms with Gasteiger partial charge in [0.15, 0.2) is 0 Å². The van der Waals surface area contributed by atoms with Crippen LogP contribution < -0.4 is 10.1 Å². The quantitative estimate of drug-likeness (QED) is 0.805. The molecule has 0 fully saturated rings. The molecule has 0 heterocycles. The van der Waals surface area contributed by atoms with Gasteiger partial charge >= 0.3 is 0 Å². The number of carbonyl (C=O) groups is 1. The summed E-state index contributed by atoms with van der Waals surface area (Å²) in [5, 5.41) is 2.13. The summed E-state index contributed by atoms with van der Waals surface area (Å²) in [5.41, 5.74) is 0.779. The van der Waals surface area contributed by atoms with Gasteiger partial charge in [0.1, 0.15) is 11.1 Å². The molecule has 1 aromatic carbocycles. The fourth-order valence-electron chi connectivity index (χ4n) is 1.48. The predicted molar refractivity (Wildman–Crippen MR) is 74.1 cm³/mol. The van der Waals surface area contributed by atoms with Gasteiger partial charge in [0.25, 0.3) is 0 Å². The highest BCUT2D eigenvalue weighted by Crippen LogP contribution is 2.23. The topological polar surface area (TPSA) is 38.3 Å². The molecule has 0 bridgehead atoms. The van der Waals surface area contributed by atoms with E-state index < -0.39 is 5.38 Å². The Morgan fingerprint density at radius 1 is 1.33 bits per heavy atom. The Morgan fingerprint density at radius 3 is 2.44 bits per heavy atom. The van der Waals surface area contributed by atoms with Crippen molar-refractivity contribution in [3.63, 3.8) is 0 Å². The molecule has 0 aliphatic rings. The molecule has 18 heavy (non-hydrogen) atoms. The molecule has 1 unspecified atom stereocenters. The van der Waals surface area contributed by atoms with Gasteiger partial charge in [-0.05, 0) is 38.0 Å². The summed E-state index contributed by atoms with van der Waals surface area (Å²) in [6.07, 6.45) is 1.03. The lowest BCUT2D eigenvalue weighted by Gasteiger charge is -2.12. The average molecular weight is 270 g/mol. The Balaban J connectivity index is 2.63. The third-order valence-electron chi connectivity index (χ3n) is 2.32. The van der Waals surface area contributed by atoms with Crippen molar-refractivity contribution in [1.82, 2.24) is 5.32 Å². The number of carbonyl (C=O) groups excluding carboxylic acids is 1. The second kappa shape index (κ2) is 7.27. The van der Waals surface area contributed by atoms with E-state index in [0.29, 0.717) is 6.54 Å². The van der Waals surface area contributed by atoms with Crippen molar-refractivity contribution in [2.24, 2.45) is 0 Å². The summed E-state index contributed by atoms with van der Waals surface area (Å²) in [4.78, 5) is 11.7. The lowest BCUT2D eigenvalue weighted by atomic mass is 10.1. The van der Waals surface area contributed by atoms with E-state index in [2.05, 4.69) is 5.32 Å². The van der Waals surface area contributed by atoms with Gasteiger partial charge in [-0.15, -0.1) is 11.6 Å². The third kappa shape index (κ3) is 4.57. The van der Waals surface area contributed by atoms with Gasteiger partial charge < -0.3 is 10.1 Å². The monoisotopic (exact) mass is 269 g/mol. The Labute approximate surface area is 113 Å². The molecule has 0 saturated heterocycles. The number of halogens is 1. The molecule has 1 N–H and O–H groups in total. The minimum Gasteiger partial charge on any atom is -0.491 e. The first kappa shape index (κ1) is 14.8. The minimum absolute atomic E-state index is 0.135. The van der Waals surface area contributed by atoms with Crippen LogP contribution in [0.4, 0.5) is 0 Å². The lowest BCUT2D eigenvalue weighted by Crippen LogP contribution is -2.27. The third-order valence-corrected chi connectivity index (χ3v) is 2.77. The van der Waals surface area contributed by atoms with E-state index in [0.717, 1.165) is 17.7 Å². The largest absolute Gasteiger partial charge is 0.491 e. The molecule has 0 aliphatic carbocycles. The van der Waals surface area contributed by atoms with Crippen LogP contribution >= 0.6 is 11.6 Å². The summed E-state index contributed by atoms with van der Waals surface area (Å²) >= 11 is 6.10. The van der Waals surface area contributed by atoms with Gasteiger partial charge in [-0.25, -0.2) is 0 Å². The zero-order valence-corrected chi connectivity index (χ0v) is 11.8. The molecule has 0 aromatic heterocycles. The number of benzene rings is 1. The fourth-order valence-corrected chi connectivity index (χ4v) is 1.70. The molecule has 0 spiro atoms. The molecule has 100 valence electrons. The molecule has 4 heteroatoms. The van der Waals surface area contributed by atoms with E-state index in [1.54, 1.807) is 0 Å². The maximum absolute atomic E-state index is 11.7. The summed E-state index contributed by atoms with van der Waals surface area (Å²) < 4.78 is 5.53. The molecule has 1 atom stereocenters. The second-order valence-electron chi connectivity index (χ2n) is 4.39. The van der Waals surface area contributed by atoms with Crippen molar-refractivity contribution < 1.29 is 9.53 Å². The summed E-state index contributed by atoms with van der Waals surface area (Å²) in [5.74, 6) is 0.627. The maximum atomic E-state index is 11.7. The van der Waals surface area contributed by atoms with Crippen LogP contribution in [0.1, 0.15) is 38.1 Å².